The SMILES string of the molecule is OCCN1CCC(Cc2ccc(-c3cn(C4CCCCC4)c4nc(NCCC5CC5)ncc34)cc2)CC1. The zero-order valence-corrected chi connectivity index (χ0v) is 22.2. The first-order chi connectivity index (χ1) is 18.3. The van der Waals surface area contributed by atoms with Gasteiger partial charge in [-0.05, 0) is 74.6 Å². The number of hydrogen-bond donors (Lipinski definition) is 2. The summed E-state index contributed by atoms with van der Waals surface area (Å²) in [7, 11) is 0. The van der Waals surface area contributed by atoms with Gasteiger partial charge in [-0.25, -0.2) is 4.98 Å². The molecule has 37 heavy (non-hydrogen) atoms. The Morgan fingerprint density at radius 2 is 1.70 bits per heavy atom. The smallest absolute Gasteiger partial charge is 0.224 e. The van der Waals surface area contributed by atoms with Gasteiger partial charge in [-0.2, -0.15) is 4.98 Å². The predicted molar refractivity (Wildman–Crippen MR) is 151 cm³/mol. The van der Waals surface area contributed by atoms with Crippen LogP contribution in [0.1, 0.15) is 75.8 Å². The van der Waals surface area contributed by atoms with Gasteiger partial charge < -0.3 is 19.9 Å². The van der Waals surface area contributed by atoms with Crippen LogP contribution in [0.4, 0.5) is 5.95 Å². The van der Waals surface area contributed by atoms with Crippen molar-refractivity contribution in [2.75, 3.05) is 38.1 Å². The zero-order valence-electron chi connectivity index (χ0n) is 22.2. The van der Waals surface area contributed by atoms with Gasteiger partial charge >= 0.3 is 0 Å². The Morgan fingerprint density at radius 1 is 0.919 bits per heavy atom. The summed E-state index contributed by atoms with van der Waals surface area (Å²) in [5, 5.41) is 13.9. The maximum absolute atomic E-state index is 9.19. The lowest BCUT2D eigenvalue weighted by molar-refractivity contribution is 0.147. The molecule has 0 spiro atoms. The van der Waals surface area contributed by atoms with Gasteiger partial charge in [-0.3, -0.25) is 0 Å². The highest BCUT2D eigenvalue weighted by atomic mass is 16.3. The Bertz CT molecular complexity index is 1150. The number of piperidine rings is 1. The standard InChI is InChI=1S/C31H43N5O/c37-19-18-35-16-13-25(14-17-35)20-24-8-10-26(11-9-24)29-22-36(27-4-2-1-3-5-27)30-28(29)21-33-31(34-30)32-15-12-23-6-7-23/h8-11,21-23,25,27,37H,1-7,12-20H2,(H,32,33,34). The lowest BCUT2D eigenvalue weighted by Gasteiger charge is -2.31. The van der Waals surface area contributed by atoms with E-state index >= 15 is 0 Å². The quantitative estimate of drug-likeness (QED) is 0.353. The molecular weight excluding hydrogens is 458 g/mol. The number of nitrogens with zero attached hydrogens (tertiary/aromatic N) is 4. The Balaban J connectivity index is 1.20. The van der Waals surface area contributed by atoms with E-state index in [9.17, 15) is 5.11 Å². The van der Waals surface area contributed by atoms with Crippen LogP contribution in [0.15, 0.2) is 36.7 Å². The minimum absolute atomic E-state index is 0.270. The molecule has 0 unspecified atom stereocenters. The van der Waals surface area contributed by atoms with Gasteiger partial charge in [-0.15, -0.1) is 0 Å². The van der Waals surface area contributed by atoms with Crippen LogP contribution in [0.5, 0.6) is 0 Å². The molecule has 6 nitrogen and oxygen atoms in total. The average Bonchev–Trinajstić information content (AvgIpc) is 3.69. The molecule has 1 aliphatic heterocycles. The lowest BCUT2D eigenvalue weighted by atomic mass is 9.89. The number of fused-ring (bicyclic) bond motifs is 1. The maximum Gasteiger partial charge on any atom is 0.224 e. The molecule has 0 atom stereocenters. The molecule has 3 heterocycles. The van der Waals surface area contributed by atoms with Crippen molar-refractivity contribution in [3.63, 3.8) is 0 Å². The molecule has 6 rings (SSSR count). The highest BCUT2D eigenvalue weighted by Gasteiger charge is 2.23. The van der Waals surface area contributed by atoms with Crippen molar-refractivity contribution in [1.82, 2.24) is 19.4 Å². The van der Waals surface area contributed by atoms with Crippen LogP contribution in [-0.4, -0.2) is 57.3 Å². The summed E-state index contributed by atoms with van der Waals surface area (Å²) in [6.45, 7) is 4.28. The van der Waals surface area contributed by atoms with Gasteiger partial charge in [0.25, 0.3) is 0 Å². The first-order valence-corrected chi connectivity index (χ1v) is 14.8. The topological polar surface area (TPSA) is 66.2 Å². The summed E-state index contributed by atoms with van der Waals surface area (Å²) in [6.07, 6.45) is 18.5. The van der Waals surface area contributed by atoms with Crippen LogP contribution in [0.25, 0.3) is 22.2 Å². The Kier molecular flexibility index (Phi) is 7.75. The summed E-state index contributed by atoms with van der Waals surface area (Å²) in [5.74, 6) is 2.43. The third kappa shape index (κ3) is 6.01. The molecule has 6 heteroatoms. The molecule has 2 aliphatic carbocycles. The van der Waals surface area contributed by atoms with Gasteiger partial charge in [0.1, 0.15) is 5.65 Å². The van der Waals surface area contributed by atoms with Gasteiger partial charge in [0, 0.05) is 42.5 Å². The number of aromatic nitrogens is 3. The molecule has 0 amide bonds. The van der Waals surface area contributed by atoms with E-state index in [0.29, 0.717) is 6.04 Å². The maximum atomic E-state index is 9.19. The molecule has 0 radical (unpaired) electrons. The fourth-order valence-corrected chi connectivity index (χ4v) is 6.49. The van der Waals surface area contributed by atoms with Crippen LogP contribution in [0.2, 0.25) is 0 Å². The molecule has 2 aromatic heterocycles. The highest BCUT2D eigenvalue weighted by molar-refractivity contribution is 5.94. The Hall–Kier alpha value is -2.44. The molecular formula is C31H43N5O. The molecule has 2 N–H and O–H groups in total. The largest absolute Gasteiger partial charge is 0.395 e. The van der Waals surface area contributed by atoms with Crippen molar-refractivity contribution in [3.8, 4) is 11.1 Å². The molecule has 2 saturated carbocycles. The number of β-amino-alcohol motifs (C(OH)–C–C–N with tert-alkyl or cyclic N) is 1. The van der Waals surface area contributed by atoms with Gasteiger partial charge in [0.2, 0.25) is 5.95 Å². The van der Waals surface area contributed by atoms with Crippen LogP contribution in [0.3, 0.4) is 0 Å². The number of aliphatic hydroxyl groups is 1. The third-order valence-electron chi connectivity index (χ3n) is 8.98. The summed E-state index contributed by atoms with van der Waals surface area (Å²) < 4.78 is 2.46. The number of nitrogens with one attached hydrogen (secondary N) is 1. The fraction of sp³-hybridized carbons (Fsp3) is 0.613. The molecule has 3 aliphatic rings. The number of aliphatic hydroxyl groups excluding tert-OH is 1. The molecule has 1 aromatic carbocycles. The summed E-state index contributed by atoms with van der Waals surface area (Å²) in [6, 6.07) is 9.80. The van der Waals surface area contributed by atoms with Crippen molar-refractivity contribution in [2.24, 2.45) is 11.8 Å². The van der Waals surface area contributed by atoms with Crippen LogP contribution in [0, 0.1) is 11.8 Å². The molecule has 198 valence electrons. The van der Waals surface area contributed by atoms with Crippen molar-refractivity contribution in [2.45, 2.75) is 76.7 Å². The van der Waals surface area contributed by atoms with E-state index in [1.54, 1.807) is 0 Å². The normalized spacial score (nSPS) is 20.0. The number of hydrogen-bond acceptors (Lipinski definition) is 5. The average molecular weight is 502 g/mol. The second-order valence-corrected chi connectivity index (χ2v) is 11.7. The monoisotopic (exact) mass is 501 g/mol. The first kappa shape index (κ1) is 24.9. The summed E-state index contributed by atoms with van der Waals surface area (Å²) in [4.78, 5) is 12.2. The zero-order chi connectivity index (χ0) is 25.0. The van der Waals surface area contributed by atoms with Crippen LogP contribution in [-0.2, 0) is 6.42 Å². The van der Waals surface area contributed by atoms with E-state index in [1.165, 1.54) is 86.3 Å². The van der Waals surface area contributed by atoms with Gasteiger partial charge in [-0.1, -0.05) is 56.4 Å². The number of benzene rings is 1. The van der Waals surface area contributed by atoms with E-state index in [1.807, 2.05) is 6.20 Å². The predicted octanol–water partition coefficient (Wildman–Crippen LogP) is 6.06. The van der Waals surface area contributed by atoms with Crippen molar-refractivity contribution < 1.29 is 5.11 Å². The minimum Gasteiger partial charge on any atom is -0.395 e. The van der Waals surface area contributed by atoms with E-state index in [-0.39, 0.29) is 6.61 Å². The molecule has 1 saturated heterocycles. The number of anilines is 1. The van der Waals surface area contributed by atoms with Gasteiger partial charge in [0.15, 0.2) is 0 Å². The third-order valence-corrected chi connectivity index (χ3v) is 8.98. The molecule has 3 fully saturated rings. The van der Waals surface area contributed by atoms with Gasteiger partial charge in [0.05, 0.1) is 6.61 Å². The summed E-state index contributed by atoms with van der Waals surface area (Å²) in [5.41, 5.74) is 5.04. The Labute approximate surface area is 221 Å². The van der Waals surface area contributed by atoms with Crippen molar-refractivity contribution in [1.29, 1.82) is 0 Å². The first-order valence-electron chi connectivity index (χ1n) is 14.8. The van der Waals surface area contributed by atoms with Crippen molar-refractivity contribution in [3.05, 3.63) is 42.2 Å². The second kappa shape index (κ2) is 11.5. The number of rotatable bonds is 10. The van der Waals surface area contributed by atoms with E-state index in [2.05, 4.69) is 45.2 Å². The second-order valence-electron chi connectivity index (χ2n) is 11.7. The van der Waals surface area contributed by atoms with E-state index < -0.39 is 0 Å². The van der Waals surface area contributed by atoms with Crippen LogP contribution < -0.4 is 5.32 Å². The summed E-state index contributed by atoms with van der Waals surface area (Å²) >= 11 is 0. The highest BCUT2D eigenvalue weighted by Crippen LogP contribution is 2.37. The molecule has 0 bridgehead atoms. The van der Waals surface area contributed by atoms with Crippen LogP contribution >= 0.6 is 0 Å². The minimum atomic E-state index is 0.270. The van der Waals surface area contributed by atoms with E-state index in [0.717, 1.165) is 56.0 Å². The van der Waals surface area contributed by atoms with E-state index in [4.69, 9.17) is 9.97 Å². The number of likely N-dealkylation sites (tertiary alicyclic amines) is 1. The lowest BCUT2D eigenvalue weighted by Crippen LogP contribution is -2.36. The Morgan fingerprint density at radius 3 is 2.43 bits per heavy atom. The van der Waals surface area contributed by atoms with Crippen molar-refractivity contribution >= 4 is 17.0 Å². The fourth-order valence-electron chi connectivity index (χ4n) is 6.49. The molecule has 3 aromatic rings.